The van der Waals surface area contributed by atoms with E-state index in [-0.39, 0.29) is 0 Å². The monoisotopic (exact) mass is 204 g/mol. The zero-order valence-electron chi connectivity index (χ0n) is 7.71. The van der Waals surface area contributed by atoms with Crippen LogP contribution in [0, 0.1) is 10.1 Å². The second-order valence-electron chi connectivity index (χ2n) is 3.17. The first-order chi connectivity index (χ1) is 7.22. The van der Waals surface area contributed by atoms with E-state index in [0.717, 1.165) is 11.9 Å². The maximum Gasteiger partial charge on any atom is 0.240 e. The number of fused-ring (bicyclic) bond motifs is 1. The molecule has 0 amide bonds. The molecule has 76 valence electrons. The molecule has 0 bridgehead atoms. The van der Waals surface area contributed by atoms with Crippen LogP contribution < -0.4 is 5.32 Å². The Morgan fingerprint density at radius 2 is 2.13 bits per heavy atom. The molecule has 1 N–H and O–H groups in total. The van der Waals surface area contributed by atoms with Crippen LogP contribution in [-0.2, 0) is 4.79 Å². The number of hydrogen-bond acceptors (Lipinski definition) is 4. The summed E-state index contributed by atoms with van der Waals surface area (Å²) in [6, 6.07) is 6.51. The Hall–Kier alpha value is -2.17. The Morgan fingerprint density at radius 1 is 1.40 bits per heavy atom. The van der Waals surface area contributed by atoms with E-state index in [2.05, 4.69) is 5.32 Å². The molecule has 1 aromatic carbocycles. The minimum atomic E-state index is -0.618. The lowest BCUT2D eigenvalue weighted by Gasteiger charge is -2.00. The summed E-state index contributed by atoms with van der Waals surface area (Å²) < 4.78 is 0. The van der Waals surface area contributed by atoms with E-state index < -0.39 is 11.0 Å². The summed E-state index contributed by atoms with van der Waals surface area (Å²) in [5, 5.41) is 13.3. The lowest BCUT2D eigenvalue weighted by atomic mass is 10.0. The van der Waals surface area contributed by atoms with E-state index in [1.165, 1.54) is 0 Å². The summed E-state index contributed by atoms with van der Waals surface area (Å²) in [6.07, 6.45) is 1.53. The number of aldehydes is 1. The highest BCUT2D eigenvalue weighted by Gasteiger charge is 2.27. The van der Waals surface area contributed by atoms with Crippen molar-refractivity contribution in [3.63, 3.8) is 0 Å². The van der Waals surface area contributed by atoms with Gasteiger partial charge in [0.15, 0.2) is 0 Å². The van der Waals surface area contributed by atoms with Gasteiger partial charge in [0, 0.05) is 11.3 Å². The van der Waals surface area contributed by atoms with Gasteiger partial charge < -0.3 is 10.1 Å². The van der Waals surface area contributed by atoms with Crippen molar-refractivity contribution in [3.8, 4) is 0 Å². The van der Waals surface area contributed by atoms with Crippen LogP contribution in [0.25, 0.3) is 5.57 Å². The molecule has 0 saturated carbocycles. The molecule has 5 nitrogen and oxygen atoms in total. The fourth-order valence-electron chi connectivity index (χ4n) is 1.64. The zero-order chi connectivity index (χ0) is 10.8. The standard InChI is InChI=1S/C10H8N2O3/c13-6-10-8(5-12(14)15)7-3-1-2-4-9(7)11-10/h1-6,10-11H. The number of anilines is 1. The lowest BCUT2D eigenvalue weighted by Crippen LogP contribution is -2.16. The number of hydrogen-bond donors (Lipinski definition) is 1. The van der Waals surface area contributed by atoms with E-state index >= 15 is 0 Å². The molecule has 1 aliphatic heterocycles. The molecule has 0 spiro atoms. The van der Waals surface area contributed by atoms with Crippen molar-refractivity contribution in [1.82, 2.24) is 0 Å². The van der Waals surface area contributed by atoms with Gasteiger partial charge in [-0.1, -0.05) is 18.2 Å². The molecule has 1 aromatic rings. The van der Waals surface area contributed by atoms with Gasteiger partial charge in [-0.2, -0.15) is 0 Å². The number of nitro groups is 1. The highest BCUT2D eigenvalue weighted by Crippen LogP contribution is 2.33. The van der Waals surface area contributed by atoms with Gasteiger partial charge in [0.25, 0.3) is 0 Å². The molecule has 0 aromatic heterocycles. The third-order valence-corrected chi connectivity index (χ3v) is 2.26. The summed E-state index contributed by atoms with van der Waals surface area (Å²) in [5.41, 5.74) is 1.87. The van der Waals surface area contributed by atoms with Crippen molar-refractivity contribution in [1.29, 1.82) is 0 Å². The van der Waals surface area contributed by atoms with Crippen LogP contribution in [-0.4, -0.2) is 17.3 Å². The lowest BCUT2D eigenvalue weighted by molar-refractivity contribution is -0.401. The topological polar surface area (TPSA) is 72.2 Å². The SMILES string of the molecule is O=CC1Nc2ccccc2C1=C[N+](=O)[O-]. The number of nitrogens with one attached hydrogen (secondary N) is 1. The molecular formula is C10H8N2O3. The molecule has 2 rings (SSSR count). The van der Waals surface area contributed by atoms with Crippen molar-refractivity contribution in [3.05, 3.63) is 46.1 Å². The number of benzene rings is 1. The summed E-state index contributed by atoms with van der Waals surface area (Å²) in [7, 11) is 0. The third kappa shape index (κ3) is 1.59. The maximum absolute atomic E-state index is 10.7. The average Bonchev–Trinajstić information content (AvgIpc) is 2.56. The number of carbonyl (C=O) groups is 1. The molecule has 5 heteroatoms. The first kappa shape index (κ1) is 9.39. The molecule has 0 saturated heterocycles. The highest BCUT2D eigenvalue weighted by atomic mass is 16.6. The van der Waals surface area contributed by atoms with E-state index in [9.17, 15) is 14.9 Å². The molecule has 0 radical (unpaired) electrons. The van der Waals surface area contributed by atoms with Crippen molar-refractivity contribution in [2.24, 2.45) is 0 Å². The summed E-state index contributed by atoms with van der Waals surface area (Å²) in [6.45, 7) is 0. The van der Waals surface area contributed by atoms with Crippen molar-refractivity contribution in [2.75, 3.05) is 5.32 Å². The van der Waals surface area contributed by atoms with E-state index in [4.69, 9.17) is 0 Å². The maximum atomic E-state index is 10.7. The average molecular weight is 204 g/mol. The van der Waals surface area contributed by atoms with Gasteiger partial charge in [0.2, 0.25) is 6.20 Å². The summed E-state index contributed by atoms with van der Waals surface area (Å²) in [5.74, 6) is 0. The molecule has 15 heavy (non-hydrogen) atoms. The van der Waals surface area contributed by atoms with Gasteiger partial charge >= 0.3 is 0 Å². The number of nitrogens with zero attached hydrogens (tertiary/aromatic N) is 1. The quantitative estimate of drug-likeness (QED) is 0.447. The van der Waals surface area contributed by atoms with Gasteiger partial charge in [0.05, 0.1) is 10.5 Å². The van der Waals surface area contributed by atoms with E-state index in [1.807, 2.05) is 6.07 Å². The second kappa shape index (κ2) is 3.53. The fourth-order valence-corrected chi connectivity index (χ4v) is 1.64. The smallest absolute Gasteiger partial charge is 0.240 e. The number of carbonyl (C=O) groups excluding carboxylic acids is 1. The fraction of sp³-hybridized carbons (Fsp3) is 0.100. The van der Waals surface area contributed by atoms with Gasteiger partial charge in [-0.25, -0.2) is 0 Å². The molecule has 1 atom stereocenters. The second-order valence-corrected chi connectivity index (χ2v) is 3.17. The predicted octanol–water partition coefficient (Wildman–Crippen LogP) is 1.30. The van der Waals surface area contributed by atoms with Crippen LogP contribution in [0.2, 0.25) is 0 Å². The molecule has 0 fully saturated rings. The Morgan fingerprint density at radius 3 is 2.80 bits per heavy atom. The van der Waals surface area contributed by atoms with Crippen molar-refractivity contribution in [2.45, 2.75) is 6.04 Å². The van der Waals surface area contributed by atoms with Gasteiger partial charge in [-0.15, -0.1) is 0 Å². The van der Waals surface area contributed by atoms with E-state index in [0.29, 0.717) is 17.4 Å². The normalized spacial score (nSPS) is 20.8. The Labute approximate surface area is 85.6 Å². The van der Waals surface area contributed by atoms with Crippen LogP contribution in [0.1, 0.15) is 5.56 Å². The minimum Gasteiger partial charge on any atom is -0.371 e. The van der Waals surface area contributed by atoms with E-state index in [1.54, 1.807) is 18.2 Å². The number of rotatable bonds is 2. The first-order valence-electron chi connectivity index (χ1n) is 4.39. The predicted molar refractivity (Wildman–Crippen MR) is 54.9 cm³/mol. The summed E-state index contributed by atoms with van der Waals surface area (Å²) >= 11 is 0. The molecule has 1 aliphatic rings. The number of para-hydroxylation sites is 1. The highest BCUT2D eigenvalue weighted by molar-refractivity contribution is 5.96. The molecule has 1 unspecified atom stereocenters. The largest absolute Gasteiger partial charge is 0.371 e. The van der Waals surface area contributed by atoms with Crippen molar-refractivity contribution < 1.29 is 9.72 Å². The molecular weight excluding hydrogens is 196 g/mol. The summed E-state index contributed by atoms with van der Waals surface area (Å²) in [4.78, 5) is 20.6. The van der Waals surface area contributed by atoms with Crippen LogP contribution in [0.4, 0.5) is 5.69 Å². The zero-order valence-corrected chi connectivity index (χ0v) is 7.71. The molecule has 1 heterocycles. The van der Waals surface area contributed by atoms with Crippen LogP contribution in [0.5, 0.6) is 0 Å². The van der Waals surface area contributed by atoms with Crippen molar-refractivity contribution >= 4 is 17.5 Å². The van der Waals surface area contributed by atoms with Crippen LogP contribution >= 0.6 is 0 Å². The Balaban J connectivity index is 2.51. The Kier molecular flexibility index (Phi) is 2.21. The van der Waals surface area contributed by atoms with Crippen LogP contribution in [0.3, 0.4) is 0 Å². The van der Waals surface area contributed by atoms with Gasteiger partial charge in [-0.05, 0) is 6.07 Å². The minimum absolute atomic E-state index is 0.408. The van der Waals surface area contributed by atoms with Gasteiger partial charge in [0.1, 0.15) is 12.3 Å². The van der Waals surface area contributed by atoms with Gasteiger partial charge in [-0.3, -0.25) is 10.1 Å². The first-order valence-corrected chi connectivity index (χ1v) is 4.39. The Bertz CT molecular complexity index is 454. The van der Waals surface area contributed by atoms with Crippen LogP contribution in [0.15, 0.2) is 30.5 Å². The molecule has 0 aliphatic carbocycles. The third-order valence-electron chi connectivity index (χ3n) is 2.26.